The van der Waals surface area contributed by atoms with Crippen LogP contribution in [0.5, 0.6) is 0 Å². The molecule has 0 N–H and O–H groups in total. The molecule has 0 spiro atoms. The molecule has 0 unspecified atom stereocenters. The summed E-state index contributed by atoms with van der Waals surface area (Å²) < 4.78 is 6.59. The Morgan fingerprint density at radius 2 is 0.836 bits per heavy atom. The van der Waals surface area contributed by atoms with Crippen molar-refractivity contribution in [3.63, 3.8) is 0 Å². The lowest BCUT2D eigenvalue weighted by molar-refractivity contribution is 0.669. The van der Waals surface area contributed by atoms with Crippen LogP contribution in [0.4, 0.5) is 0 Å². The summed E-state index contributed by atoms with van der Waals surface area (Å²) in [5, 5.41) is 9.04. The van der Waals surface area contributed by atoms with Crippen molar-refractivity contribution >= 4 is 54.3 Å². The third kappa shape index (κ3) is 5.34. The van der Waals surface area contributed by atoms with E-state index in [4.69, 9.17) is 19.4 Å². The Bertz CT molecular complexity index is 3270. The Balaban J connectivity index is 1.16. The molecule has 2 aromatic heterocycles. The van der Waals surface area contributed by atoms with E-state index in [9.17, 15) is 0 Å². The Hall–Kier alpha value is -7.43. The summed E-state index contributed by atoms with van der Waals surface area (Å²) >= 11 is 0. The maximum absolute atomic E-state index is 6.59. The minimum absolute atomic E-state index is 0.590. The first-order valence-corrected chi connectivity index (χ1v) is 18.5. The second-order valence-corrected chi connectivity index (χ2v) is 14.0. The van der Waals surface area contributed by atoms with Crippen LogP contribution in [0.15, 0.2) is 192 Å². The fourth-order valence-corrected chi connectivity index (χ4v) is 8.01. The van der Waals surface area contributed by atoms with E-state index in [1.54, 1.807) is 0 Å². The molecule has 11 aromatic rings. The van der Waals surface area contributed by atoms with E-state index in [0.29, 0.717) is 17.5 Å². The third-order valence-electron chi connectivity index (χ3n) is 10.7. The first-order chi connectivity index (χ1) is 27.2. The molecular formula is C51H31N3O. The van der Waals surface area contributed by atoms with Gasteiger partial charge in [0.2, 0.25) is 0 Å². The average molecular weight is 702 g/mol. The number of furan rings is 1. The highest BCUT2D eigenvalue weighted by Gasteiger charge is 2.20. The van der Waals surface area contributed by atoms with Crippen LogP contribution in [-0.4, -0.2) is 15.0 Å². The molecule has 0 aliphatic heterocycles. The molecule has 4 heteroatoms. The Labute approximate surface area is 317 Å². The monoisotopic (exact) mass is 701 g/mol. The molecule has 9 aromatic carbocycles. The topological polar surface area (TPSA) is 51.8 Å². The van der Waals surface area contributed by atoms with Crippen LogP contribution in [0.1, 0.15) is 0 Å². The van der Waals surface area contributed by atoms with E-state index in [2.05, 4.69) is 164 Å². The van der Waals surface area contributed by atoms with Crippen molar-refractivity contribution in [2.45, 2.75) is 0 Å². The number of fused-ring (bicyclic) bond motifs is 7. The number of rotatable bonds is 5. The van der Waals surface area contributed by atoms with E-state index < -0.39 is 0 Å². The van der Waals surface area contributed by atoms with Crippen LogP contribution in [-0.2, 0) is 0 Å². The van der Waals surface area contributed by atoms with E-state index in [0.717, 1.165) is 66.1 Å². The normalized spacial score (nSPS) is 11.6. The van der Waals surface area contributed by atoms with Crippen molar-refractivity contribution in [3.8, 4) is 56.4 Å². The number of hydrogen-bond donors (Lipinski definition) is 0. The van der Waals surface area contributed by atoms with E-state index >= 15 is 0 Å². The summed E-state index contributed by atoms with van der Waals surface area (Å²) in [7, 11) is 0. The highest BCUT2D eigenvalue weighted by Crippen LogP contribution is 2.42. The predicted molar refractivity (Wildman–Crippen MR) is 227 cm³/mol. The zero-order valence-electron chi connectivity index (χ0n) is 29.6. The fourth-order valence-electron chi connectivity index (χ4n) is 8.01. The minimum Gasteiger partial charge on any atom is -0.456 e. The molecule has 55 heavy (non-hydrogen) atoms. The van der Waals surface area contributed by atoms with Crippen LogP contribution in [0.3, 0.4) is 0 Å². The van der Waals surface area contributed by atoms with Gasteiger partial charge >= 0.3 is 0 Å². The van der Waals surface area contributed by atoms with Crippen molar-refractivity contribution in [3.05, 3.63) is 188 Å². The molecule has 0 aliphatic carbocycles. The van der Waals surface area contributed by atoms with Crippen molar-refractivity contribution < 1.29 is 4.42 Å². The lowest BCUT2D eigenvalue weighted by atomic mass is 9.94. The van der Waals surface area contributed by atoms with Crippen LogP contribution >= 0.6 is 0 Å². The predicted octanol–water partition coefficient (Wildman–Crippen LogP) is 13.6. The molecule has 0 fully saturated rings. The van der Waals surface area contributed by atoms with Gasteiger partial charge in [0, 0.05) is 27.5 Å². The molecule has 0 saturated carbocycles. The van der Waals surface area contributed by atoms with Gasteiger partial charge < -0.3 is 4.42 Å². The van der Waals surface area contributed by atoms with Crippen LogP contribution in [0.25, 0.3) is 111 Å². The first-order valence-electron chi connectivity index (χ1n) is 18.5. The summed E-state index contributed by atoms with van der Waals surface area (Å²) in [6, 6.07) is 65.8. The molecular weight excluding hydrogens is 671 g/mol. The van der Waals surface area contributed by atoms with Gasteiger partial charge in [-0.2, -0.15) is 0 Å². The molecule has 0 aliphatic rings. The lowest BCUT2D eigenvalue weighted by Gasteiger charge is -2.12. The molecule has 4 nitrogen and oxygen atoms in total. The van der Waals surface area contributed by atoms with Crippen molar-refractivity contribution in [2.75, 3.05) is 0 Å². The van der Waals surface area contributed by atoms with Gasteiger partial charge in [-0.25, -0.2) is 15.0 Å². The van der Waals surface area contributed by atoms with Crippen molar-refractivity contribution in [1.82, 2.24) is 15.0 Å². The van der Waals surface area contributed by atoms with Crippen LogP contribution < -0.4 is 0 Å². The third-order valence-corrected chi connectivity index (χ3v) is 10.7. The second kappa shape index (κ2) is 12.6. The molecule has 11 rings (SSSR count). The number of benzene rings is 9. The number of aromatic nitrogens is 3. The van der Waals surface area contributed by atoms with Gasteiger partial charge in [-0.3, -0.25) is 0 Å². The fraction of sp³-hybridized carbons (Fsp3) is 0. The molecule has 0 bridgehead atoms. The summed E-state index contributed by atoms with van der Waals surface area (Å²) in [5.41, 5.74) is 8.88. The van der Waals surface area contributed by atoms with Gasteiger partial charge in [0.1, 0.15) is 11.2 Å². The smallest absolute Gasteiger partial charge is 0.164 e. The van der Waals surface area contributed by atoms with Gasteiger partial charge in [0.15, 0.2) is 17.5 Å². The molecule has 0 amide bonds. The van der Waals surface area contributed by atoms with Crippen LogP contribution in [0.2, 0.25) is 0 Å². The molecule has 0 saturated heterocycles. The molecule has 0 atom stereocenters. The second-order valence-electron chi connectivity index (χ2n) is 14.0. The zero-order valence-corrected chi connectivity index (χ0v) is 29.6. The lowest BCUT2D eigenvalue weighted by Crippen LogP contribution is -2.00. The van der Waals surface area contributed by atoms with Gasteiger partial charge in [-0.15, -0.1) is 0 Å². The van der Waals surface area contributed by atoms with Gasteiger partial charge in [-0.1, -0.05) is 158 Å². The minimum atomic E-state index is 0.590. The van der Waals surface area contributed by atoms with Gasteiger partial charge in [0.25, 0.3) is 0 Å². The quantitative estimate of drug-likeness (QED) is 0.168. The maximum atomic E-state index is 6.59. The van der Waals surface area contributed by atoms with E-state index in [-0.39, 0.29) is 0 Å². The number of nitrogens with zero attached hydrogens (tertiary/aromatic N) is 3. The van der Waals surface area contributed by atoms with Gasteiger partial charge in [0.05, 0.1) is 0 Å². The van der Waals surface area contributed by atoms with Gasteiger partial charge in [-0.05, 0) is 84.9 Å². The summed E-state index contributed by atoms with van der Waals surface area (Å²) in [6.45, 7) is 0. The summed E-state index contributed by atoms with van der Waals surface area (Å²) in [5.74, 6) is 1.82. The highest BCUT2D eigenvalue weighted by atomic mass is 16.3. The average Bonchev–Trinajstić information content (AvgIpc) is 3.65. The Morgan fingerprint density at radius 1 is 0.291 bits per heavy atom. The Kier molecular flexibility index (Phi) is 7.14. The molecule has 2 heterocycles. The first kappa shape index (κ1) is 31.1. The molecule has 0 radical (unpaired) electrons. The maximum Gasteiger partial charge on any atom is 0.164 e. The number of hydrogen-bond acceptors (Lipinski definition) is 4. The summed E-state index contributed by atoms with van der Waals surface area (Å²) in [4.78, 5) is 15.7. The summed E-state index contributed by atoms with van der Waals surface area (Å²) in [6.07, 6.45) is 0. The SMILES string of the molecule is c1ccc(-c2cccc(-c3cccc4oc5cccc(-c6nc(-c7ccc8ccccc8c7)nc(-c7ccc8ccc9ccccc9c8c7)n6)c5c34)c2)cc1. The van der Waals surface area contributed by atoms with E-state index in [1.807, 2.05) is 24.3 Å². The molecule has 256 valence electrons. The largest absolute Gasteiger partial charge is 0.456 e. The standard InChI is InChI=1S/C51H31N3O/c1-2-11-32(12-3-1)37-16-8-17-38(29-37)42-19-9-21-45-47(42)48-43(20-10-22-46(48)55-45)51-53-49(39-27-23-33-13-4-5-15-36(33)30-39)52-50(54-51)40-28-26-35-25-24-34-14-6-7-18-41(34)44(35)31-40/h1-31H. The highest BCUT2D eigenvalue weighted by molar-refractivity contribution is 6.17. The zero-order chi connectivity index (χ0) is 36.3. The van der Waals surface area contributed by atoms with Crippen molar-refractivity contribution in [1.29, 1.82) is 0 Å². The van der Waals surface area contributed by atoms with Crippen LogP contribution in [0, 0.1) is 0 Å². The van der Waals surface area contributed by atoms with Crippen molar-refractivity contribution in [2.24, 2.45) is 0 Å². The van der Waals surface area contributed by atoms with E-state index in [1.165, 1.54) is 27.1 Å². The Morgan fingerprint density at radius 3 is 1.64 bits per heavy atom.